The van der Waals surface area contributed by atoms with Crippen LogP contribution in [0, 0.1) is 0 Å². The van der Waals surface area contributed by atoms with E-state index >= 15 is 0 Å². The molecular formula is C18H14Cl4N4O2S. The van der Waals surface area contributed by atoms with Gasteiger partial charge in [-0.1, -0.05) is 70.7 Å². The summed E-state index contributed by atoms with van der Waals surface area (Å²) in [6.45, 7) is 0. The topological polar surface area (TPSA) is 82.9 Å². The van der Waals surface area contributed by atoms with E-state index in [0.29, 0.717) is 31.2 Å². The average molecular weight is 492 g/mol. The van der Waals surface area contributed by atoms with Gasteiger partial charge in [0.15, 0.2) is 0 Å². The van der Waals surface area contributed by atoms with E-state index in [2.05, 4.69) is 21.1 Å². The summed E-state index contributed by atoms with van der Waals surface area (Å²) < 4.78 is 0. The third kappa shape index (κ3) is 7.87. The molecule has 2 aromatic rings. The molecule has 0 aliphatic rings. The van der Waals surface area contributed by atoms with Crippen LogP contribution >= 0.6 is 58.2 Å². The zero-order valence-corrected chi connectivity index (χ0v) is 18.5. The Kier molecular flexibility index (Phi) is 9.76. The van der Waals surface area contributed by atoms with E-state index in [0.717, 1.165) is 11.8 Å². The Bertz CT molecular complexity index is 878. The monoisotopic (exact) mass is 490 g/mol. The van der Waals surface area contributed by atoms with Crippen molar-refractivity contribution in [2.45, 2.75) is 0 Å². The molecule has 0 saturated heterocycles. The standard InChI is InChI=1S/C18H14Cl4N4O2S/c19-13-5-1-3-11(17(13)21)7-23-25-15(27)9-29-10-16(28)26-24-8-12-4-2-6-14(20)18(12)22/h1-8H,9-10H2,(H,25,27)(H,26,28)/b23-7+,24-8+. The number of hydrogen-bond acceptors (Lipinski definition) is 5. The van der Waals surface area contributed by atoms with Crippen molar-refractivity contribution < 1.29 is 9.59 Å². The number of hydrazone groups is 2. The van der Waals surface area contributed by atoms with E-state index in [1.54, 1.807) is 36.4 Å². The number of rotatable bonds is 8. The van der Waals surface area contributed by atoms with E-state index in [1.165, 1.54) is 12.4 Å². The van der Waals surface area contributed by atoms with Crippen LogP contribution in [0.25, 0.3) is 0 Å². The molecule has 0 spiro atoms. The molecule has 0 bridgehead atoms. The predicted molar refractivity (Wildman–Crippen MR) is 122 cm³/mol. The molecule has 29 heavy (non-hydrogen) atoms. The third-order valence-electron chi connectivity index (χ3n) is 3.22. The summed E-state index contributed by atoms with van der Waals surface area (Å²) in [5.74, 6) is -0.659. The maximum atomic E-state index is 11.7. The number of halogens is 4. The largest absolute Gasteiger partial charge is 0.272 e. The first-order valence-corrected chi connectivity index (χ1v) is 10.6. The summed E-state index contributed by atoms with van der Waals surface area (Å²) in [6.07, 6.45) is 2.78. The van der Waals surface area contributed by atoms with E-state index in [-0.39, 0.29) is 23.3 Å². The van der Waals surface area contributed by atoms with Crippen molar-refractivity contribution in [3.8, 4) is 0 Å². The molecule has 2 N–H and O–H groups in total. The molecule has 0 atom stereocenters. The molecule has 0 aromatic heterocycles. The van der Waals surface area contributed by atoms with Crippen LogP contribution in [-0.2, 0) is 9.59 Å². The lowest BCUT2D eigenvalue weighted by molar-refractivity contribution is -0.118. The molecule has 0 aliphatic heterocycles. The Morgan fingerprint density at radius 2 is 1.21 bits per heavy atom. The van der Waals surface area contributed by atoms with Crippen LogP contribution in [0.1, 0.15) is 11.1 Å². The van der Waals surface area contributed by atoms with Crippen molar-refractivity contribution in [2.24, 2.45) is 10.2 Å². The zero-order valence-electron chi connectivity index (χ0n) is 14.7. The van der Waals surface area contributed by atoms with Crippen molar-refractivity contribution in [3.63, 3.8) is 0 Å². The van der Waals surface area contributed by atoms with Crippen molar-refractivity contribution in [1.29, 1.82) is 0 Å². The highest BCUT2D eigenvalue weighted by molar-refractivity contribution is 8.00. The third-order valence-corrected chi connectivity index (χ3v) is 5.81. The Balaban J connectivity index is 1.69. The van der Waals surface area contributed by atoms with Gasteiger partial charge in [-0.2, -0.15) is 10.2 Å². The highest BCUT2D eigenvalue weighted by Crippen LogP contribution is 2.24. The number of benzene rings is 2. The molecule has 0 saturated carbocycles. The molecule has 0 unspecified atom stereocenters. The molecule has 0 fully saturated rings. The zero-order chi connectivity index (χ0) is 21.2. The fourth-order valence-corrected chi connectivity index (χ4v) is 3.20. The van der Waals surface area contributed by atoms with Crippen LogP contribution in [0.15, 0.2) is 46.6 Å². The van der Waals surface area contributed by atoms with Gasteiger partial charge in [0.2, 0.25) is 11.8 Å². The number of thioether (sulfide) groups is 1. The molecule has 2 rings (SSSR count). The van der Waals surface area contributed by atoms with E-state index in [4.69, 9.17) is 46.4 Å². The maximum Gasteiger partial charge on any atom is 0.250 e. The summed E-state index contributed by atoms with van der Waals surface area (Å²) in [5, 5.41) is 9.10. The summed E-state index contributed by atoms with van der Waals surface area (Å²) in [6, 6.07) is 10.1. The van der Waals surface area contributed by atoms with Crippen LogP contribution < -0.4 is 10.9 Å². The van der Waals surface area contributed by atoms with E-state index < -0.39 is 0 Å². The van der Waals surface area contributed by atoms with Crippen LogP contribution in [0.2, 0.25) is 20.1 Å². The van der Waals surface area contributed by atoms with Gasteiger partial charge in [-0.15, -0.1) is 11.8 Å². The summed E-state index contributed by atoms with van der Waals surface area (Å²) in [5.41, 5.74) is 5.84. The Morgan fingerprint density at radius 1 is 0.793 bits per heavy atom. The highest BCUT2D eigenvalue weighted by atomic mass is 35.5. The van der Waals surface area contributed by atoms with Gasteiger partial charge in [0, 0.05) is 11.1 Å². The summed E-state index contributed by atoms with van der Waals surface area (Å²) in [7, 11) is 0. The highest BCUT2D eigenvalue weighted by Gasteiger charge is 2.06. The average Bonchev–Trinajstić information content (AvgIpc) is 2.68. The molecule has 0 aliphatic carbocycles. The van der Waals surface area contributed by atoms with Gasteiger partial charge in [-0.05, 0) is 12.1 Å². The van der Waals surface area contributed by atoms with Crippen LogP contribution in [0.3, 0.4) is 0 Å². The molecular weight excluding hydrogens is 478 g/mol. The first kappa shape index (κ1) is 23.5. The van der Waals surface area contributed by atoms with Crippen molar-refractivity contribution in [3.05, 3.63) is 67.6 Å². The Morgan fingerprint density at radius 3 is 1.62 bits per heavy atom. The molecule has 2 amide bonds. The number of carbonyl (C=O) groups is 2. The van der Waals surface area contributed by atoms with E-state index in [1.807, 2.05) is 0 Å². The normalized spacial score (nSPS) is 11.2. The maximum absolute atomic E-state index is 11.7. The molecule has 0 heterocycles. The first-order chi connectivity index (χ1) is 13.9. The lowest BCUT2D eigenvalue weighted by Gasteiger charge is -2.02. The number of nitrogens with one attached hydrogen (secondary N) is 2. The van der Waals surface area contributed by atoms with Crippen LogP contribution in [0.5, 0.6) is 0 Å². The lowest BCUT2D eigenvalue weighted by Crippen LogP contribution is -2.23. The molecule has 6 nitrogen and oxygen atoms in total. The van der Waals surface area contributed by atoms with Gasteiger partial charge in [0.1, 0.15) is 0 Å². The quantitative estimate of drug-likeness (QED) is 0.417. The van der Waals surface area contributed by atoms with Gasteiger partial charge < -0.3 is 0 Å². The van der Waals surface area contributed by atoms with Gasteiger partial charge in [-0.3, -0.25) is 9.59 Å². The molecule has 0 radical (unpaired) electrons. The number of hydrogen-bond donors (Lipinski definition) is 2. The Labute approximate surface area is 191 Å². The van der Waals surface area contributed by atoms with Crippen molar-refractivity contribution >= 4 is 82.4 Å². The SMILES string of the molecule is O=C(CSCC(=O)N/N=C/c1cccc(Cl)c1Cl)N/N=C/c1cccc(Cl)c1Cl. The predicted octanol–water partition coefficient (Wildman–Crippen LogP) is 4.63. The minimum atomic E-state index is -0.369. The number of nitrogens with zero attached hydrogens (tertiary/aromatic N) is 2. The first-order valence-electron chi connectivity index (χ1n) is 7.98. The van der Waals surface area contributed by atoms with Gasteiger partial charge in [0.25, 0.3) is 0 Å². The van der Waals surface area contributed by atoms with Crippen LogP contribution in [-0.4, -0.2) is 35.7 Å². The fraction of sp³-hybridized carbons (Fsp3) is 0.111. The Hall–Kier alpha value is -1.77. The molecule has 152 valence electrons. The number of carbonyl (C=O) groups excluding carboxylic acids is 2. The van der Waals surface area contributed by atoms with Gasteiger partial charge in [-0.25, -0.2) is 10.9 Å². The van der Waals surface area contributed by atoms with Crippen molar-refractivity contribution in [1.82, 2.24) is 10.9 Å². The minimum Gasteiger partial charge on any atom is -0.272 e. The second kappa shape index (κ2) is 12.0. The lowest BCUT2D eigenvalue weighted by atomic mass is 10.2. The molecule has 11 heteroatoms. The van der Waals surface area contributed by atoms with Gasteiger partial charge in [0.05, 0.1) is 44.0 Å². The summed E-state index contributed by atoms with van der Waals surface area (Å²) >= 11 is 24.9. The second-order valence-electron chi connectivity index (χ2n) is 5.37. The fourth-order valence-electron chi connectivity index (χ4n) is 1.89. The smallest absolute Gasteiger partial charge is 0.250 e. The summed E-state index contributed by atoms with van der Waals surface area (Å²) in [4.78, 5) is 23.5. The van der Waals surface area contributed by atoms with Gasteiger partial charge >= 0.3 is 0 Å². The number of amides is 2. The van der Waals surface area contributed by atoms with E-state index in [9.17, 15) is 9.59 Å². The second-order valence-corrected chi connectivity index (χ2v) is 7.92. The minimum absolute atomic E-state index is 0.0396. The molecule has 2 aromatic carbocycles. The van der Waals surface area contributed by atoms with Crippen molar-refractivity contribution in [2.75, 3.05) is 11.5 Å². The van der Waals surface area contributed by atoms with Crippen LogP contribution in [0.4, 0.5) is 0 Å².